The van der Waals surface area contributed by atoms with Crippen LogP contribution in [0.2, 0.25) is 0 Å². The Kier molecular flexibility index (Phi) is 4.99. The Morgan fingerprint density at radius 3 is 2.62 bits per heavy atom. The van der Waals surface area contributed by atoms with Gasteiger partial charge in [-0.1, -0.05) is 37.1 Å². The summed E-state index contributed by atoms with van der Waals surface area (Å²) in [6, 6.07) is 10.1. The number of terminal acetylenes is 1. The molecule has 0 bridgehead atoms. The SMILES string of the molecule is C#CC1C[C-]=C(c2ccccc2)NC1=C.[Y]. The van der Waals surface area contributed by atoms with Gasteiger partial charge in [-0.3, -0.25) is 0 Å². The Morgan fingerprint density at radius 1 is 1.38 bits per heavy atom. The first-order valence-electron chi connectivity index (χ1n) is 4.89. The summed E-state index contributed by atoms with van der Waals surface area (Å²) in [4.78, 5) is 0. The van der Waals surface area contributed by atoms with Gasteiger partial charge in [-0.05, 0) is 0 Å². The van der Waals surface area contributed by atoms with Crippen molar-refractivity contribution in [3.63, 3.8) is 0 Å². The Balaban J connectivity index is 0.00000128. The summed E-state index contributed by atoms with van der Waals surface area (Å²) in [5.41, 5.74) is 2.98. The molecule has 1 atom stereocenters. The molecule has 1 aromatic rings. The molecule has 1 aromatic carbocycles. The van der Waals surface area contributed by atoms with E-state index < -0.39 is 0 Å². The normalized spacial score (nSPS) is 18.8. The van der Waals surface area contributed by atoms with E-state index in [2.05, 4.69) is 23.9 Å². The number of allylic oxidation sites excluding steroid dienone is 2. The first kappa shape index (κ1) is 13.2. The monoisotopic (exact) mass is 283 g/mol. The second-order valence-electron chi connectivity index (χ2n) is 3.49. The van der Waals surface area contributed by atoms with E-state index in [0.717, 1.165) is 23.4 Å². The molecule has 0 aliphatic carbocycles. The van der Waals surface area contributed by atoms with Crippen molar-refractivity contribution >= 4 is 5.70 Å². The molecule has 0 spiro atoms. The van der Waals surface area contributed by atoms with E-state index in [4.69, 9.17) is 6.42 Å². The van der Waals surface area contributed by atoms with Crippen molar-refractivity contribution in [3.05, 3.63) is 54.2 Å². The number of rotatable bonds is 1. The largest absolute Gasteiger partial charge is 0.393 e. The summed E-state index contributed by atoms with van der Waals surface area (Å²) in [5, 5.41) is 3.20. The summed E-state index contributed by atoms with van der Waals surface area (Å²) < 4.78 is 0. The third-order valence-electron chi connectivity index (χ3n) is 2.45. The summed E-state index contributed by atoms with van der Waals surface area (Å²) in [6.45, 7) is 3.93. The maximum Gasteiger partial charge on any atom is 0.0469 e. The number of benzene rings is 1. The number of nitrogens with one attached hydrogen (secondary N) is 1. The van der Waals surface area contributed by atoms with Crippen LogP contribution in [0, 0.1) is 24.3 Å². The second kappa shape index (κ2) is 6.04. The molecule has 1 radical (unpaired) electrons. The van der Waals surface area contributed by atoms with Gasteiger partial charge in [0.1, 0.15) is 0 Å². The van der Waals surface area contributed by atoms with Crippen molar-refractivity contribution in [2.75, 3.05) is 0 Å². The van der Waals surface area contributed by atoms with Crippen LogP contribution in [0.4, 0.5) is 0 Å². The molecule has 0 saturated carbocycles. The van der Waals surface area contributed by atoms with Crippen LogP contribution < -0.4 is 5.32 Å². The molecule has 1 unspecified atom stereocenters. The maximum absolute atomic E-state index is 5.38. The van der Waals surface area contributed by atoms with Crippen molar-refractivity contribution in [3.8, 4) is 12.3 Å². The Hall–Kier alpha value is -0.836. The van der Waals surface area contributed by atoms with Crippen LogP contribution in [-0.4, -0.2) is 0 Å². The molecule has 1 nitrogen and oxygen atoms in total. The molecule has 1 N–H and O–H groups in total. The molecule has 0 saturated heterocycles. The summed E-state index contributed by atoms with van der Waals surface area (Å²) in [5.74, 6) is 2.75. The molecule has 1 aliphatic rings. The van der Waals surface area contributed by atoms with E-state index in [1.807, 2.05) is 30.3 Å². The molecule has 0 amide bonds. The van der Waals surface area contributed by atoms with Gasteiger partial charge in [0.25, 0.3) is 0 Å². The van der Waals surface area contributed by atoms with E-state index in [0.29, 0.717) is 0 Å². The fourth-order valence-electron chi connectivity index (χ4n) is 1.56. The van der Waals surface area contributed by atoms with Crippen LogP contribution in [0.15, 0.2) is 42.6 Å². The zero-order chi connectivity index (χ0) is 10.7. The molecule has 2 heteroatoms. The topological polar surface area (TPSA) is 12.0 Å². The molecule has 0 fully saturated rings. The van der Waals surface area contributed by atoms with Gasteiger partial charge in [-0.15, -0.1) is 24.3 Å². The molecular formula is C14H12NY-. The van der Waals surface area contributed by atoms with Crippen LogP contribution in [0.1, 0.15) is 12.0 Å². The predicted octanol–water partition coefficient (Wildman–Crippen LogP) is 2.58. The molecule has 16 heavy (non-hydrogen) atoms. The smallest absolute Gasteiger partial charge is 0.0469 e. The van der Waals surface area contributed by atoms with Gasteiger partial charge in [-0.25, -0.2) is 6.08 Å². The van der Waals surface area contributed by atoms with Crippen molar-refractivity contribution in [2.24, 2.45) is 5.92 Å². The summed E-state index contributed by atoms with van der Waals surface area (Å²) in [7, 11) is 0. The van der Waals surface area contributed by atoms with Gasteiger partial charge in [0.2, 0.25) is 0 Å². The third-order valence-corrected chi connectivity index (χ3v) is 2.45. The van der Waals surface area contributed by atoms with Gasteiger partial charge < -0.3 is 5.32 Å². The average Bonchev–Trinajstić information content (AvgIpc) is 2.30. The van der Waals surface area contributed by atoms with Gasteiger partial charge in [0, 0.05) is 44.3 Å². The maximum atomic E-state index is 5.38. The quantitative estimate of drug-likeness (QED) is 0.617. The first-order valence-corrected chi connectivity index (χ1v) is 4.89. The average molecular weight is 283 g/mol. The van der Waals surface area contributed by atoms with E-state index in [1.54, 1.807) is 0 Å². The molecule has 0 aromatic heterocycles. The minimum absolute atomic E-state index is 0. The molecule has 1 heterocycles. The number of hydrogen-bond donors (Lipinski definition) is 1. The van der Waals surface area contributed by atoms with E-state index in [1.165, 1.54) is 0 Å². The minimum Gasteiger partial charge on any atom is -0.393 e. The van der Waals surface area contributed by atoms with E-state index >= 15 is 0 Å². The van der Waals surface area contributed by atoms with Gasteiger partial charge in [-0.2, -0.15) is 5.56 Å². The van der Waals surface area contributed by atoms with Crippen molar-refractivity contribution < 1.29 is 32.7 Å². The van der Waals surface area contributed by atoms with Gasteiger partial charge in [0.05, 0.1) is 0 Å². The van der Waals surface area contributed by atoms with E-state index in [9.17, 15) is 0 Å². The van der Waals surface area contributed by atoms with Crippen molar-refractivity contribution in [2.45, 2.75) is 6.42 Å². The fourth-order valence-corrected chi connectivity index (χ4v) is 1.56. The van der Waals surface area contributed by atoms with Crippen LogP contribution in [-0.2, 0) is 32.7 Å². The zero-order valence-corrected chi connectivity index (χ0v) is 11.9. The van der Waals surface area contributed by atoms with Crippen molar-refractivity contribution in [1.82, 2.24) is 5.32 Å². The zero-order valence-electron chi connectivity index (χ0n) is 9.03. The summed E-state index contributed by atoms with van der Waals surface area (Å²) >= 11 is 0. The van der Waals surface area contributed by atoms with Crippen LogP contribution in [0.25, 0.3) is 5.70 Å². The van der Waals surface area contributed by atoms with E-state index in [-0.39, 0.29) is 38.6 Å². The predicted molar refractivity (Wildman–Crippen MR) is 62.3 cm³/mol. The second-order valence-corrected chi connectivity index (χ2v) is 3.49. The first-order chi connectivity index (χ1) is 7.31. The number of hydrogen-bond acceptors (Lipinski definition) is 1. The summed E-state index contributed by atoms with van der Waals surface area (Å²) in [6.07, 6.45) is 9.39. The standard InChI is InChI=1S/C14H12N.Y/c1-3-12-9-10-14(15-11(12)2)13-7-5-4-6-8-13;/h1,4-8,12,15H,2,9H2;/q-1;. The molecule has 1 aliphatic heterocycles. The van der Waals surface area contributed by atoms with Gasteiger partial charge in [0.15, 0.2) is 0 Å². The van der Waals surface area contributed by atoms with Crippen LogP contribution in [0.3, 0.4) is 0 Å². The molecule has 77 valence electrons. The van der Waals surface area contributed by atoms with Crippen LogP contribution >= 0.6 is 0 Å². The van der Waals surface area contributed by atoms with Crippen molar-refractivity contribution in [1.29, 1.82) is 0 Å². The Morgan fingerprint density at radius 2 is 2.06 bits per heavy atom. The fraction of sp³-hybridized carbons (Fsp3) is 0.143. The minimum atomic E-state index is 0. The molecular weight excluding hydrogens is 271 g/mol. The van der Waals surface area contributed by atoms with Gasteiger partial charge >= 0.3 is 0 Å². The molecule has 2 rings (SSSR count). The Labute approximate surface area is 122 Å². The van der Waals surface area contributed by atoms with Crippen LogP contribution in [0.5, 0.6) is 0 Å². The Bertz CT molecular complexity index is 440. The third kappa shape index (κ3) is 2.85.